The Kier molecular flexibility index (Phi) is 3.60. The molecule has 0 aromatic heterocycles. The van der Waals surface area contributed by atoms with E-state index >= 15 is 0 Å². The molecular weight excluding hydrogens is 248 g/mol. The number of rotatable bonds is 3. The number of aryl methyl sites for hydroxylation is 1. The molecule has 0 aliphatic heterocycles. The summed E-state index contributed by atoms with van der Waals surface area (Å²) in [4.78, 5) is 12.1. The second kappa shape index (κ2) is 5.18. The van der Waals surface area contributed by atoms with E-state index in [0.29, 0.717) is 5.56 Å². The molecular formula is C15H13F2NO. The molecule has 19 heavy (non-hydrogen) atoms. The molecule has 4 heteroatoms. The Hall–Kier alpha value is -2.23. The van der Waals surface area contributed by atoms with E-state index in [4.69, 9.17) is 5.73 Å². The molecule has 2 rings (SSSR count). The van der Waals surface area contributed by atoms with Crippen molar-refractivity contribution in [2.45, 2.75) is 13.3 Å². The molecule has 0 radical (unpaired) electrons. The fourth-order valence-electron chi connectivity index (χ4n) is 1.82. The van der Waals surface area contributed by atoms with Gasteiger partial charge in [-0.2, -0.15) is 0 Å². The predicted molar refractivity (Wildman–Crippen MR) is 70.0 cm³/mol. The fraction of sp³-hybridized carbons (Fsp3) is 0.133. The number of ketones is 1. The van der Waals surface area contributed by atoms with Gasteiger partial charge in [-0.1, -0.05) is 31.2 Å². The normalized spacial score (nSPS) is 10.5. The van der Waals surface area contributed by atoms with Gasteiger partial charge in [-0.25, -0.2) is 8.78 Å². The summed E-state index contributed by atoms with van der Waals surface area (Å²) in [5.41, 5.74) is 5.98. The van der Waals surface area contributed by atoms with Gasteiger partial charge in [0, 0.05) is 5.56 Å². The van der Waals surface area contributed by atoms with E-state index in [-0.39, 0.29) is 11.3 Å². The molecule has 0 fully saturated rings. The summed E-state index contributed by atoms with van der Waals surface area (Å²) >= 11 is 0. The zero-order valence-corrected chi connectivity index (χ0v) is 10.4. The van der Waals surface area contributed by atoms with Crippen LogP contribution in [0.4, 0.5) is 14.5 Å². The second-order valence-electron chi connectivity index (χ2n) is 4.24. The molecule has 0 heterocycles. The van der Waals surface area contributed by atoms with Gasteiger partial charge < -0.3 is 5.73 Å². The van der Waals surface area contributed by atoms with Gasteiger partial charge in [0.1, 0.15) is 5.82 Å². The van der Waals surface area contributed by atoms with Gasteiger partial charge >= 0.3 is 0 Å². The maximum atomic E-state index is 13.8. The van der Waals surface area contributed by atoms with E-state index < -0.39 is 17.4 Å². The minimum Gasteiger partial charge on any atom is -0.396 e. The lowest BCUT2D eigenvalue weighted by molar-refractivity contribution is 0.103. The first-order chi connectivity index (χ1) is 9.02. The lowest BCUT2D eigenvalue weighted by Crippen LogP contribution is -2.07. The highest BCUT2D eigenvalue weighted by atomic mass is 19.1. The van der Waals surface area contributed by atoms with Crippen molar-refractivity contribution < 1.29 is 13.6 Å². The van der Waals surface area contributed by atoms with Crippen LogP contribution in [0.1, 0.15) is 28.4 Å². The average Bonchev–Trinajstić information content (AvgIpc) is 2.42. The summed E-state index contributed by atoms with van der Waals surface area (Å²) in [6.45, 7) is 1.99. The first-order valence-corrected chi connectivity index (χ1v) is 5.91. The van der Waals surface area contributed by atoms with E-state index in [1.165, 1.54) is 0 Å². The molecule has 2 N–H and O–H groups in total. The molecule has 0 amide bonds. The first kappa shape index (κ1) is 13.2. The number of nitrogens with two attached hydrogens (primary N) is 1. The molecule has 0 unspecified atom stereocenters. The van der Waals surface area contributed by atoms with Gasteiger partial charge in [0.2, 0.25) is 0 Å². The number of nitrogen functional groups attached to an aromatic ring is 1. The number of hydrogen-bond donors (Lipinski definition) is 1. The third-order valence-electron chi connectivity index (χ3n) is 2.93. The molecule has 2 aromatic carbocycles. The minimum atomic E-state index is -0.883. The summed E-state index contributed by atoms with van der Waals surface area (Å²) in [5, 5.41) is 0. The highest BCUT2D eigenvalue weighted by Gasteiger charge is 2.17. The monoisotopic (exact) mass is 261 g/mol. The van der Waals surface area contributed by atoms with Gasteiger partial charge in [-0.05, 0) is 24.1 Å². The molecule has 0 aliphatic carbocycles. The molecule has 0 bridgehead atoms. The molecule has 0 saturated carbocycles. The van der Waals surface area contributed by atoms with Gasteiger partial charge in [-0.15, -0.1) is 0 Å². The largest absolute Gasteiger partial charge is 0.396 e. The lowest BCUT2D eigenvalue weighted by atomic mass is 10.0. The van der Waals surface area contributed by atoms with Crippen LogP contribution in [0.5, 0.6) is 0 Å². The van der Waals surface area contributed by atoms with Crippen molar-refractivity contribution >= 4 is 11.5 Å². The van der Waals surface area contributed by atoms with Crippen molar-refractivity contribution in [1.82, 2.24) is 0 Å². The van der Waals surface area contributed by atoms with Crippen molar-refractivity contribution in [3.05, 3.63) is 64.7 Å². The summed E-state index contributed by atoms with van der Waals surface area (Å²) in [6.07, 6.45) is 0.843. The van der Waals surface area contributed by atoms with Crippen molar-refractivity contribution in [2.75, 3.05) is 5.73 Å². The first-order valence-electron chi connectivity index (χ1n) is 5.91. The Morgan fingerprint density at radius 2 is 1.79 bits per heavy atom. The molecule has 2 aromatic rings. The molecule has 0 spiro atoms. The summed E-state index contributed by atoms with van der Waals surface area (Å²) in [7, 11) is 0. The summed E-state index contributed by atoms with van der Waals surface area (Å²) in [5.74, 6) is -2.19. The van der Waals surface area contributed by atoms with Crippen molar-refractivity contribution in [2.24, 2.45) is 0 Å². The Morgan fingerprint density at radius 3 is 2.37 bits per heavy atom. The maximum Gasteiger partial charge on any atom is 0.196 e. The topological polar surface area (TPSA) is 43.1 Å². The van der Waals surface area contributed by atoms with Crippen LogP contribution in [0.25, 0.3) is 0 Å². The Bertz CT molecular complexity index is 621. The van der Waals surface area contributed by atoms with Crippen molar-refractivity contribution in [3.63, 3.8) is 0 Å². The highest BCUT2D eigenvalue weighted by Crippen LogP contribution is 2.20. The van der Waals surface area contributed by atoms with Crippen LogP contribution in [-0.4, -0.2) is 5.78 Å². The summed E-state index contributed by atoms with van der Waals surface area (Å²) in [6, 6.07) is 8.49. The Labute approximate surface area is 109 Å². The minimum absolute atomic E-state index is 0.307. The number of anilines is 1. The Balaban J connectivity index is 2.43. The maximum absolute atomic E-state index is 13.8. The van der Waals surface area contributed by atoms with Crippen LogP contribution < -0.4 is 5.73 Å². The molecule has 0 saturated heterocycles. The third-order valence-corrected chi connectivity index (χ3v) is 2.93. The highest BCUT2D eigenvalue weighted by molar-refractivity contribution is 6.09. The van der Waals surface area contributed by atoms with Crippen LogP contribution in [0.15, 0.2) is 36.4 Å². The van der Waals surface area contributed by atoms with E-state index in [2.05, 4.69) is 0 Å². The van der Waals surface area contributed by atoms with Gasteiger partial charge in [0.05, 0.1) is 11.3 Å². The van der Waals surface area contributed by atoms with Gasteiger partial charge in [0.15, 0.2) is 11.6 Å². The zero-order valence-electron chi connectivity index (χ0n) is 10.4. The SMILES string of the molecule is CCc1ccc(C(=O)c2cc(F)cc(N)c2F)cc1. The fourth-order valence-corrected chi connectivity index (χ4v) is 1.82. The van der Waals surface area contributed by atoms with Crippen molar-refractivity contribution in [3.8, 4) is 0 Å². The van der Waals surface area contributed by atoms with Crippen LogP contribution >= 0.6 is 0 Å². The number of benzene rings is 2. The van der Waals surface area contributed by atoms with Crippen LogP contribution in [0.2, 0.25) is 0 Å². The Morgan fingerprint density at radius 1 is 1.16 bits per heavy atom. The van der Waals surface area contributed by atoms with Crippen LogP contribution in [0, 0.1) is 11.6 Å². The number of carbonyl (C=O) groups excluding carboxylic acids is 1. The second-order valence-corrected chi connectivity index (χ2v) is 4.24. The van der Waals surface area contributed by atoms with Gasteiger partial charge in [-0.3, -0.25) is 4.79 Å². The molecule has 2 nitrogen and oxygen atoms in total. The van der Waals surface area contributed by atoms with E-state index in [1.54, 1.807) is 24.3 Å². The third kappa shape index (κ3) is 2.62. The number of carbonyl (C=O) groups is 1. The lowest BCUT2D eigenvalue weighted by Gasteiger charge is -2.06. The molecule has 0 aliphatic rings. The van der Waals surface area contributed by atoms with Crippen molar-refractivity contribution in [1.29, 1.82) is 0 Å². The van der Waals surface area contributed by atoms with E-state index in [0.717, 1.165) is 24.1 Å². The smallest absolute Gasteiger partial charge is 0.196 e. The number of halogens is 2. The number of hydrogen-bond acceptors (Lipinski definition) is 2. The summed E-state index contributed by atoms with van der Waals surface area (Å²) < 4.78 is 27.0. The van der Waals surface area contributed by atoms with E-state index in [9.17, 15) is 13.6 Å². The molecule has 0 atom stereocenters. The quantitative estimate of drug-likeness (QED) is 0.680. The van der Waals surface area contributed by atoms with Crippen LogP contribution in [-0.2, 0) is 6.42 Å². The zero-order chi connectivity index (χ0) is 14.0. The van der Waals surface area contributed by atoms with Crippen LogP contribution in [0.3, 0.4) is 0 Å². The average molecular weight is 261 g/mol. The van der Waals surface area contributed by atoms with E-state index in [1.807, 2.05) is 6.92 Å². The van der Waals surface area contributed by atoms with Gasteiger partial charge in [0.25, 0.3) is 0 Å². The predicted octanol–water partition coefficient (Wildman–Crippen LogP) is 3.34. The molecule has 98 valence electrons. The standard InChI is InChI=1S/C15H13F2NO/c1-2-9-3-5-10(6-4-9)15(19)12-7-11(16)8-13(18)14(12)17/h3-8H,2,18H2,1H3.